The Morgan fingerprint density at radius 3 is 2.75 bits per heavy atom. The predicted octanol–water partition coefficient (Wildman–Crippen LogP) is 3.92. The van der Waals surface area contributed by atoms with Crippen molar-refractivity contribution in [1.82, 2.24) is 5.32 Å². The first-order chi connectivity index (χ1) is 9.65. The Balaban J connectivity index is 2.12. The third-order valence-corrected chi connectivity index (χ3v) is 4.25. The van der Waals surface area contributed by atoms with E-state index in [1.165, 1.54) is 18.9 Å². The topological polar surface area (TPSA) is 21.3 Å². The summed E-state index contributed by atoms with van der Waals surface area (Å²) in [6, 6.07) is 5.31. The molecule has 112 valence electrons. The zero-order chi connectivity index (χ0) is 14.5. The van der Waals surface area contributed by atoms with Crippen LogP contribution in [0.4, 0.5) is 4.39 Å². The average molecular weight is 344 g/mol. The Hall–Kier alpha value is -0.450. The number of hydrogen-bond acceptors (Lipinski definition) is 2. The van der Waals surface area contributed by atoms with Gasteiger partial charge in [-0.3, -0.25) is 0 Å². The van der Waals surface area contributed by atoms with E-state index in [2.05, 4.69) is 28.2 Å². The number of hydrogen-bond donors (Lipinski definition) is 1. The molecule has 1 N–H and O–H groups in total. The molecule has 1 fully saturated rings. The van der Waals surface area contributed by atoms with Gasteiger partial charge >= 0.3 is 0 Å². The van der Waals surface area contributed by atoms with E-state index in [9.17, 15) is 4.39 Å². The zero-order valence-corrected chi connectivity index (χ0v) is 13.7. The van der Waals surface area contributed by atoms with Gasteiger partial charge in [-0.2, -0.15) is 0 Å². The van der Waals surface area contributed by atoms with E-state index < -0.39 is 0 Å². The molecule has 0 amide bonds. The molecule has 0 radical (unpaired) electrons. The molecule has 0 aromatic heterocycles. The second kappa shape index (κ2) is 7.53. The molecule has 20 heavy (non-hydrogen) atoms. The van der Waals surface area contributed by atoms with Crippen molar-refractivity contribution < 1.29 is 9.13 Å². The van der Waals surface area contributed by atoms with Crippen LogP contribution >= 0.6 is 15.9 Å². The molecule has 2 unspecified atom stereocenters. The van der Waals surface area contributed by atoms with Gasteiger partial charge in [-0.1, -0.05) is 22.9 Å². The molecule has 1 aromatic carbocycles. The summed E-state index contributed by atoms with van der Waals surface area (Å²) in [5.74, 6) is 0.497. The van der Waals surface area contributed by atoms with Crippen LogP contribution in [0.25, 0.3) is 0 Å². The molecule has 0 saturated heterocycles. The van der Waals surface area contributed by atoms with E-state index in [1.54, 1.807) is 6.07 Å². The summed E-state index contributed by atoms with van der Waals surface area (Å²) in [4.78, 5) is 0. The van der Waals surface area contributed by atoms with E-state index in [0.29, 0.717) is 18.9 Å². The molecule has 1 aliphatic carbocycles. The van der Waals surface area contributed by atoms with Crippen molar-refractivity contribution in [3.05, 3.63) is 34.1 Å². The van der Waals surface area contributed by atoms with Crippen molar-refractivity contribution in [3.8, 4) is 0 Å². The maximum absolute atomic E-state index is 13.9. The van der Waals surface area contributed by atoms with Crippen LogP contribution in [0.15, 0.2) is 22.7 Å². The minimum atomic E-state index is -0.137. The fraction of sp³-hybridized carbons (Fsp3) is 0.625. The zero-order valence-electron chi connectivity index (χ0n) is 12.2. The van der Waals surface area contributed by atoms with Crippen LogP contribution in [0.2, 0.25) is 0 Å². The van der Waals surface area contributed by atoms with Crippen LogP contribution in [0.1, 0.15) is 32.3 Å². The van der Waals surface area contributed by atoms with Gasteiger partial charge in [-0.05, 0) is 62.4 Å². The minimum absolute atomic E-state index is 0.137. The van der Waals surface area contributed by atoms with Crippen molar-refractivity contribution in [2.75, 3.05) is 13.2 Å². The highest BCUT2D eigenvalue weighted by Gasteiger charge is 2.37. The highest BCUT2D eigenvalue weighted by Crippen LogP contribution is 2.36. The second-order valence-electron chi connectivity index (χ2n) is 5.36. The summed E-state index contributed by atoms with van der Waals surface area (Å²) < 4.78 is 20.8. The Bertz CT molecular complexity index is 436. The second-order valence-corrected chi connectivity index (χ2v) is 6.28. The molecule has 2 atom stereocenters. The van der Waals surface area contributed by atoms with Crippen LogP contribution in [0, 0.1) is 11.7 Å². The molecule has 0 spiro atoms. The summed E-state index contributed by atoms with van der Waals surface area (Å²) in [6.45, 7) is 5.69. The van der Waals surface area contributed by atoms with Gasteiger partial charge in [0, 0.05) is 17.1 Å². The van der Waals surface area contributed by atoms with Gasteiger partial charge in [0.1, 0.15) is 5.82 Å². The Morgan fingerprint density at radius 2 is 2.15 bits per heavy atom. The minimum Gasteiger partial charge on any atom is -0.377 e. The molecular weight excluding hydrogens is 321 g/mol. The Morgan fingerprint density at radius 1 is 1.40 bits per heavy atom. The molecule has 0 bridgehead atoms. The van der Waals surface area contributed by atoms with Gasteiger partial charge in [0.05, 0.1) is 6.10 Å². The fourth-order valence-corrected chi connectivity index (χ4v) is 3.11. The lowest BCUT2D eigenvalue weighted by atomic mass is 9.97. The highest BCUT2D eigenvalue weighted by atomic mass is 79.9. The number of nitrogens with one attached hydrogen (secondary N) is 1. The number of ether oxygens (including phenoxy) is 1. The molecule has 1 saturated carbocycles. The van der Waals surface area contributed by atoms with Crippen LogP contribution in [-0.2, 0) is 11.2 Å². The van der Waals surface area contributed by atoms with Gasteiger partial charge in [-0.25, -0.2) is 4.39 Å². The van der Waals surface area contributed by atoms with E-state index in [0.717, 1.165) is 16.6 Å². The average Bonchev–Trinajstić information content (AvgIpc) is 3.24. The molecule has 1 aromatic rings. The van der Waals surface area contributed by atoms with Gasteiger partial charge in [-0.15, -0.1) is 0 Å². The maximum atomic E-state index is 13.9. The lowest BCUT2D eigenvalue weighted by molar-refractivity contribution is 0.0194. The number of rotatable bonds is 8. The summed E-state index contributed by atoms with van der Waals surface area (Å²) in [5.41, 5.74) is 0.746. The smallest absolute Gasteiger partial charge is 0.126 e. The summed E-state index contributed by atoms with van der Waals surface area (Å²) in [7, 11) is 0. The first kappa shape index (κ1) is 15.9. The maximum Gasteiger partial charge on any atom is 0.126 e. The summed E-state index contributed by atoms with van der Waals surface area (Å²) in [5, 5.41) is 3.48. The highest BCUT2D eigenvalue weighted by molar-refractivity contribution is 9.10. The molecule has 0 heterocycles. The van der Waals surface area contributed by atoms with Gasteiger partial charge in [0.25, 0.3) is 0 Å². The first-order valence-corrected chi connectivity index (χ1v) is 8.23. The first-order valence-electron chi connectivity index (χ1n) is 7.44. The van der Waals surface area contributed by atoms with Gasteiger partial charge in [0.2, 0.25) is 0 Å². The monoisotopic (exact) mass is 343 g/mol. The van der Waals surface area contributed by atoms with E-state index in [-0.39, 0.29) is 18.0 Å². The lowest BCUT2D eigenvalue weighted by Gasteiger charge is -2.28. The van der Waals surface area contributed by atoms with E-state index >= 15 is 0 Å². The van der Waals surface area contributed by atoms with Crippen LogP contribution in [0.3, 0.4) is 0 Å². The molecule has 0 aliphatic heterocycles. The van der Waals surface area contributed by atoms with Crippen molar-refractivity contribution in [3.63, 3.8) is 0 Å². The Kier molecular flexibility index (Phi) is 6.00. The van der Waals surface area contributed by atoms with Gasteiger partial charge in [0.15, 0.2) is 0 Å². The van der Waals surface area contributed by atoms with E-state index in [1.807, 2.05) is 13.0 Å². The molecule has 1 aliphatic rings. The largest absolute Gasteiger partial charge is 0.377 e. The van der Waals surface area contributed by atoms with Crippen molar-refractivity contribution in [1.29, 1.82) is 0 Å². The fourth-order valence-electron chi connectivity index (χ4n) is 2.70. The SMILES string of the molecule is CCNC(Cc1cc(Br)ccc1F)C(OCC)C1CC1. The standard InChI is InChI=1S/C16H23BrFNO/c1-3-19-15(16(20-4-2)11-5-6-11)10-12-9-13(17)7-8-14(12)18/h7-9,11,15-16,19H,3-6,10H2,1-2H3. The summed E-state index contributed by atoms with van der Waals surface area (Å²) >= 11 is 3.42. The molecule has 2 rings (SSSR count). The number of benzene rings is 1. The molecule has 4 heteroatoms. The van der Waals surface area contributed by atoms with Crippen LogP contribution < -0.4 is 5.32 Å². The lowest BCUT2D eigenvalue weighted by Crippen LogP contribution is -2.44. The Labute approximate surface area is 129 Å². The third-order valence-electron chi connectivity index (χ3n) is 3.76. The van der Waals surface area contributed by atoms with Crippen LogP contribution in [-0.4, -0.2) is 25.3 Å². The normalized spacial score (nSPS) is 18.0. The quantitative estimate of drug-likeness (QED) is 0.772. The predicted molar refractivity (Wildman–Crippen MR) is 83.4 cm³/mol. The van der Waals surface area contributed by atoms with E-state index in [4.69, 9.17) is 4.74 Å². The number of likely N-dealkylation sites (N-methyl/N-ethyl adjacent to an activating group) is 1. The number of halogens is 2. The van der Waals surface area contributed by atoms with Crippen molar-refractivity contribution in [2.45, 2.75) is 45.3 Å². The summed E-state index contributed by atoms with van der Waals surface area (Å²) in [6.07, 6.45) is 3.32. The van der Waals surface area contributed by atoms with Crippen molar-refractivity contribution in [2.24, 2.45) is 5.92 Å². The third kappa shape index (κ3) is 4.27. The van der Waals surface area contributed by atoms with Gasteiger partial charge < -0.3 is 10.1 Å². The molecular formula is C16H23BrFNO. The van der Waals surface area contributed by atoms with Crippen LogP contribution in [0.5, 0.6) is 0 Å². The molecule has 2 nitrogen and oxygen atoms in total. The van der Waals surface area contributed by atoms with Crippen molar-refractivity contribution >= 4 is 15.9 Å².